The first-order valence-electron chi connectivity index (χ1n) is 8.93. The molecule has 0 atom stereocenters. The van der Waals surface area contributed by atoms with E-state index in [1.807, 2.05) is 12.1 Å². The molecule has 0 N–H and O–H groups in total. The highest BCUT2D eigenvalue weighted by atomic mass is 32.1. The fourth-order valence-corrected chi connectivity index (χ4v) is 4.30. The third-order valence-electron chi connectivity index (χ3n) is 4.88. The van der Waals surface area contributed by atoms with E-state index < -0.39 is 0 Å². The first kappa shape index (κ1) is 17.2. The molecule has 3 nitrogen and oxygen atoms in total. The number of rotatable bonds is 4. The van der Waals surface area contributed by atoms with Gasteiger partial charge in [0.2, 0.25) is 0 Å². The van der Waals surface area contributed by atoms with Crippen molar-refractivity contribution in [2.45, 2.75) is 13.5 Å². The third kappa shape index (κ3) is 3.64. The van der Waals surface area contributed by atoms with Crippen LogP contribution in [0.15, 0.2) is 53.9 Å². The quantitative estimate of drug-likeness (QED) is 0.673. The fraction of sp³-hybridized carbons (Fsp3) is 0.286. The van der Waals surface area contributed by atoms with E-state index in [2.05, 4.69) is 46.4 Å². The molecule has 1 saturated heterocycles. The van der Waals surface area contributed by atoms with Gasteiger partial charge in [0.15, 0.2) is 0 Å². The molecule has 1 aliphatic rings. The van der Waals surface area contributed by atoms with Gasteiger partial charge >= 0.3 is 0 Å². The summed E-state index contributed by atoms with van der Waals surface area (Å²) in [6, 6.07) is 15.4. The maximum Gasteiger partial charge on any atom is 0.146 e. The van der Waals surface area contributed by atoms with Crippen LogP contribution in [-0.2, 0) is 6.54 Å². The molecule has 134 valence electrons. The first-order chi connectivity index (χ1) is 12.7. The Balaban J connectivity index is 1.38. The molecule has 0 aliphatic carbocycles. The molecule has 0 unspecified atom stereocenters. The zero-order valence-electron chi connectivity index (χ0n) is 14.9. The van der Waals surface area contributed by atoms with E-state index in [0.717, 1.165) is 43.4 Å². The predicted octanol–water partition coefficient (Wildman–Crippen LogP) is 4.58. The average molecular weight is 367 g/mol. The molecule has 1 aliphatic heterocycles. The number of anilines is 1. The lowest BCUT2D eigenvalue weighted by Gasteiger charge is -2.35. The summed E-state index contributed by atoms with van der Waals surface area (Å²) in [7, 11) is 0. The van der Waals surface area contributed by atoms with Crippen LogP contribution in [0.4, 0.5) is 10.1 Å². The molecular formula is C21H22FN3S. The Morgan fingerprint density at radius 1 is 1.00 bits per heavy atom. The summed E-state index contributed by atoms with van der Waals surface area (Å²) in [4.78, 5) is 9.36. The average Bonchev–Trinajstić information content (AvgIpc) is 3.11. The summed E-state index contributed by atoms with van der Waals surface area (Å²) >= 11 is 1.71. The smallest absolute Gasteiger partial charge is 0.146 e. The van der Waals surface area contributed by atoms with Gasteiger partial charge in [0.1, 0.15) is 10.8 Å². The van der Waals surface area contributed by atoms with Crippen LogP contribution in [0.5, 0.6) is 0 Å². The van der Waals surface area contributed by atoms with Crippen LogP contribution in [0, 0.1) is 12.7 Å². The summed E-state index contributed by atoms with van der Waals surface area (Å²) < 4.78 is 14.0. The number of thiazole rings is 1. The van der Waals surface area contributed by atoms with Crippen LogP contribution in [-0.4, -0.2) is 36.1 Å². The number of nitrogens with zero attached hydrogens (tertiary/aromatic N) is 3. The van der Waals surface area contributed by atoms with Gasteiger partial charge in [0.25, 0.3) is 0 Å². The highest BCUT2D eigenvalue weighted by Crippen LogP contribution is 2.27. The number of aryl methyl sites for hydroxylation is 1. The van der Waals surface area contributed by atoms with Crippen molar-refractivity contribution in [3.05, 3.63) is 71.0 Å². The van der Waals surface area contributed by atoms with E-state index in [-0.39, 0.29) is 5.82 Å². The largest absolute Gasteiger partial charge is 0.367 e. The summed E-state index contributed by atoms with van der Waals surface area (Å²) in [5.41, 5.74) is 4.30. The molecule has 4 rings (SSSR count). The highest BCUT2D eigenvalue weighted by Gasteiger charge is 2.20. The van der Waals surface area contributed by atoms with Crippen molar-refractivity contribution in [3.63, 3.8) is 0 Å². The van der Waals surface area contributed by atoms with Crippen molar-refractivity contribution in [2.75, 3.05) is 31.1 Å². The molecule has 0 saturated carbocycles. The SMILES string of the molecule is Cc1ccccc1-c1nc(CN2CCN(c3ccccc3F)CC2)cs1. The van der Waals surface area contributed by atoms with Crippen LogP contribution in [0.2, 0.25) is 0 Å². The zero-order valence-corrected chi connectivity index (χ0v) is 15.7. The van der Waals surface area contributed by atoms with Crippen LogP contribution < -0.4 is 4.90 Å². The van der Waals surface area contributed by atoms with Gasteiger partial charge < -0.3 is 4.90 Å². The minimum Gasteiger partial charge on any atom is -0.367 e. The van der Waals surface area contributed by atoms with Gasteiger partial charge in [0, 0.05) is 43.7 Å². The Hall–Kier alpha value is -2.24. The van der Waals surface area contributed by atoms with Gasteiger partial charge in [-0.05, 0) is 24.6 Å². The number of hydrogen-bond donors (Lipinski definition) is 0. The molecule has 2 aromatic carbocycles. The van der Waals surface area contributed by atoms with Crippen LogP contribution in [0.1, 0.15) is 11.3 Å². The van der Waals surface area contributed by atoms with E-state index >= 15 is 0 Å². The normalized spacial score (nSPS) is 15.4. The Bertz CT molecular complexity index is 884. The monoisotopic (exact) mass is 367 g/mol. The maximum absolute atomic E-state index is 14.0. The van der Waals surface area contributed by atoms with Crippen molar-refractivity contribution < 1.29 is 4.39 Å². The molecule has 0 bridgehead atoms. The number of piperazine rings is 1. The van der Waals surface area contributed by atoms with Crippen LogP contribution >= 0.6 is 11.3 Å². The Morgan fingerprint density at radius 3 is 2.50 bits per heavy atom. The van der Waals surface area contributed by atoms with Gasteiger partial charge in [-0.15, -0.1) is 11.3 Å². The van der Waals surface area contributed by atoms with Crippen molar-refractivity contribution in [2.24, 2.45) is 0 Å². The molecule has 1 aromatic heterocycles. The number of halogens is 1. The van der Waals surface area contributed by atoms with E-state index in [0.29, 0.717) is 5.69 Å². The Kier molecular flexibility index (Phi) is 5.00. The molecule has 0 amide bonds. The molecular weight excluding hydrogens is 345 g/mol. The molecule has 5 heteroatoms. The topological polar surface area (TPSA) is 19.4 Å². The minimum atomic E-state index is -0.136. The van der Waals surface area contributed by atoms with Crippen LogP contribution in [0.25, 0.3) is 10.6 Å². The Morgan fingerprint density at radius 2 is 1.73 bits per heavy atom. The molecule has 0 spiro atoms. The second-order valence-electron chi connectivity index (χ2n) is 6.67. The van der Waals surface area contributed by atoms with Crippen molar-refractivity contribution in [3.8, 4) is 10.6 Å². The second kappa shape index (κ2) is 7.56. The number of hydrogen-bond acceptors (Lipinski definition) is 4. The van der Waals surface area contributed by atoms with Gasteiger partial charge in [-0.25, -0.2) is 9.37 Å². The lowest BCUT2D eigenvalue weighted by Crippen LogP contribution is -2.46. The first-order valence-corrected chi connectivity index (χ1v) is 9.81. The summed E-state index contributed by atoms with van der Waals surface area (Å²) in [6.07, 6.45) is 0. The lowest BCUT2D eigenvalue weighted by atomic mass is 10.1. The Labute approximate surface area is 157 Å². The number of aromatic nitrogens is 1. The van der Waals surface area contributed by atoms with Gasteiger partial charge in [0.05, 0.1) is 11.4 Å². The highest BCUT2D eigenvalue weighted by molar-refractivity contribution is 7.13. The molecule has 0 radical (unpaired) electrons. The summed E-state index contributed by atoms with van der Waals surface area (Å²) in [5, 5.41) is 3.24. The third-order valence-corrected chi connectivity index (χ3v) is 5.80. The second-order valence-corrected chi connectivity index (χ2v) is 7.53. The number of benzene rings is 2. The standard InChI is InChI=1S/C21H22FN3S/c1-16-6-2-3-7-18(16)21-23-17(15-26-21)14-24-10-12-25(13-11-24)20-9-5-4-8-19(20)22/h2-9,15H,10-14H2,1H3. The van der Waals surface area contributed by atoms with Gasteiger partial charge in [-0.1, -0.05) is 36.4 Å². The van der Waals surface area contributed by atoms with E-state index in [1.54, 1.807) is 17.4 Å². The predicted molar refractivity (Wildman–Crippen MR) is 106 cm³/mol. The van der Waals surface area contributed by atoms with Gasteiger partial charge in [-0.2, -0.15) is 0 Å². The number of para-hydroxylation sites is 1. The summed E-state index contributed by atoms with van der Waals surface area (Å²) in [6.45, 7) is 6.51. The van der Waals surface area contributed by atoms with E-state index in [4.69, 9.17) is 4.98 Å². The zero-order chi connectivity index (χ0) is 17.9. The van der Waals surface area contributed by atoms with E-state index in [1.165, 1.54) is 17.2 Å². The lowest BCUT2D eigenvalue weighted by molar-refractivity contribution is 0.247. The molecule has 2 heterocycles. The van der Waals surface area contributed by atoms with E-state index in [9.17, 15) is 4.39 Å². The minimum absolute atomic E-state index is 0.136. The molecule has 26 heavy (non-hydrogen) atoms. The molecule has 1 fully saturated rings. The van der Waals surface area contributed by atoms with Crippen molar-refractivity contribution >= 4 is 17.0 Å². The molecule has 3 aromatic rings. The van der Waals surface area contributed by atoms with Crippen LogP contribution in [0.3, 0.4) is 0 Å². The van der Waals surface area contributed by atoms with Crippen molar-refractivity contribution in [1.29, 1.82) is 0 Å². The summed E-state index contributed by atoms with van der Waals surface area (Å²) in [5.74, 6) is -0.136. The maximum atomic E-state index is 14.0. The van der Waals surface area contributed by atoms with Crippen molar-refractivity contribution in [1.82, 2.24) is 9.88 Å². The van der Waals surface area contributed by atoms with Gasteiger partial charge in [-0.3, -0.25) is 4.90 Å². The fourth-order valence-electron chi connectivity index (χ4n) is 3.40.